The number of rotatable bonds is 16. The third-order valence-electron chi connectivity index (χ3n) is 8.25. The number of aryl methyl sites for hydroxylation is 2. The van der Waals surface area contributed by atoms with Gasteiger partial charge in [0, 0.05) is 35.9 Å². The number of benzene rings is 1. The second kappa shape index (κ2) is 14.7. The lowest BCUT2D eigenvalue weighted by Gasteiger charge is -2.27. The van der Waals surface area contributed by atoms with Crippen LogP contribution in [0.1, 0.15) is 76.1 Å². The average Bonchev–Trinajstić information content (AvgIpc) is 3.77. The van der Waals surface area contributed by atoms with Crippen molar-refractivity contribution in [2.24, 2.45) is 0 Å². The summed E-state index contributed by atoms with van der Waals surface area (Å²) in [6.07, 6.45) is 6.51. The van der Waals surface area contributed by atoms with Crippen molar-refractivity contribution in [3.63, 3.8) is 0 Å². The zero-order chi connectivity index (χ0) is 31.0. The van der Waals surface area contributed by atoms with Crippen LogP contribution in [-0.2, 0) is 32.6 Å². The molecule has 1 aromatic carbocycles. The lowest BCUT2D eigenvalue weighted by Crippen LogP contribution is -2.47. The average molecular weight is 615 g/mol. The second-order valence-electron chi connectivity index (χ2n) is 12.7. The predicted octanol–water partition coefficient (Wildman–Crippen LogP) is 5.23. The van der Waals surface area contributed by atoms with Gasteiger partial charge >= 0.3 is 5.97 Å². The van der Waals surface area contributed by atoms with Gasteiger partial charge in [0.15, 0.2) is 0 Å². The van der Waals surface area contributed by atoms with E-state index < -0.39 is 17.4 Å². The maximum absolute atomic E-state index is 13.5. The monoisotopic (exact) mass is 614 g/mol. The number of methoxy groups -OCH3 is 1. The fourth-order valence-corrected chi connectivity index (χ4v) is 6.03. The Hall–Kier alpha value is -2.88. The molecule has 2 aromatic rings. The van der Waals surface area contributed by atoms with Crippen molar-refractivity contribution in [2.75, 3.05) is 45.2 Å². The summed E-state index contributed by atoms with van der Waals surface area (Å²) >= 11 is 6.49. The Bertz CT molecular complexity index is 1260. The number of aliphatic carboxylic acids is 1. The van der Waals surface area contributed by atoms with Crippen molar-refractivity contribution >= 4 is 29.3 Å². The second-order valence-corrected chi connectivity index (χ2v) is 13.1. The lowest BCUT2D eigenvalue weighted by molar-refractivity contribution is -0.142. The highest BCUT2D eigenvalue weighted by Gasteiger charge is 2.54. The molecule has 0 saturated heterocycles. The molecule has 1 atom stereocenters. The SMILES string of the molecule is COc1cccc(Cl)c1C1(C(=O)N[C@@H](CCN(CCCCc2ccc3c(n2)NCCC3)CCOC(C)(C)C)C(=O)O)CC1. The van der Waals surface area contributed by atoms with Crippen LogP contribution in [0, 0.1) is 0 Å². The van der Waals surface area contributed by atoms with E-state index in [1.54, 1.807) is 25.3 Å². The summed E-state index contributed by atoms with van der Waals surface area (Å²) in [4.78, 5) is 32.8. The van der Waals surface area contributed by atoms with Crippen LogP contribution in [0.4, 0.5) is 5.82 Å². The molecule has 0 radical (unpaired) electrons. The number of halogens is 1. The number of carboxylic acid groups (broad SMARTS) is 1. The largest absolute Gasteiger partial charge is 0.496 e. The van der Waals surface area contributed by atoms with E-state index in [9.17, 15) is 14.7 Å². The Balaban J connectivity index is 1.34. The molecule has 0 unspecified atom stereocenters. The first-order chi connectivity index (χ1) is 20.5. The van der Waals surface area contributed by atoms with E-state index in [0.717, 1.165) is 56.7 Å². The number of carbonyl (C=O) groups excluding carboxylic acids is 1. The highest BCUT2D eigenvalue weighted by molar-refractivity contribution is 6.32. The Labute approximate surface area is 260 Å². The van der Waals surface area contributed by atoms with E-state index >= 15 is 0 Å². The molecule has 9 nitrogen and oxygen atoms in total. The van der Waals surface area contributed by atoms with Gasteiger partial charge < -0.3 is 30.1 Å². The van der Waals surface area contributed by atoms with E-state index in [1.807, 2.05) is 20.8 Å². The number of anilines is 1. The lowest BCUT2D eigenvalue weighted by atomic mass is 9.93. The van der Waals surface area contributed by atoms with Gasteiger partial charge in [0.05, 0.1) is 24.7 Å². The van der Waals surface area contributed by atoms with Crippen LogP contribution in [-0.4, -0.2) is 78.4 Å². The van der Waals surface area contributed by atoms with Crippen molar-refractivity contribution in [1.82, 2.24) is 15.2 Å². The van der Waals surface area contributed by atoms with E-state index in [1.165, 1.54) is 5.56 Å². The van der Waals surface area contributed by atoms with Crippen LogP contribution < -0.4 is 15.4 Å². The topological polar surface area (TPSA) is 113 Å². The van der Waals surface area contributed by atoms with Gasteiger partial charge in [-0.15, -0.1) is 0 Å². The van der Waals surface area contributed by atoms with Gasteiger partial charge in [0.2, 0.25) is 5.91 Å². The Kier molecular flexibility index (Phi) is 11.3. The molecule has 1 aliphatic carbocycles. The van der Waals surface area contributed by atoms with E-state index in [0.29, 0.717) is 48.9 Å². The molecule has 4 rings (SSSR count). The molecule has 0 spiro atoms. The van der Waals surface area contributed by atoms with Gasteiger partial charge in [-0.25, -0.2) is 9.78 Å². The number of nitrogens with one attached hydrogen (secondary N) is 2. The zero-order valence-electron chi connectivity index (χ0n) is 26.0. The number of amides is 1. The number of hydrogen-bond acceptors (Lipinski definition) is 7. The zero-order valence-corrected chi connectivity index (χ0v) is 26.8. The van der Waals surface area contributed by atoms with Crippen LogP contribution in [0.15, 0.2) is 30.3 Å². The molecule has 1 aliphatic heterocycles. The minimum atomic E-state index is -1.05. The number of carbonyl (C=O) groups is 2. The molecule has 2 heterocycles. The number of nitrogens with zero attached hydrogens (tertiary/aromatic N) is 2. The summed E-state index contributed by atoms with van der Waals surface area (Å²) < 4.78 is 11.5. The van der Waals surface area contributed by atoms with Crippen LogP contribution in [0.5, 0.6) is 5.75 Å². The quantitative estimate of drug-likeness (QED) is 0.220. The van der Waals surface area contributed by atoms with Crippen molar-refractivity contribution in [2.45, 2.75) is 89.2 Å². The third kappa shape index (κ3) is 9.06. The van der Waals surface area contributed by atoms with Gasteiger partial charge in [-0.05, 0) is 102 Å². The highest BCUT2D eigenvalue weighted by atomic mass is 35.5. The maximum Gasteiger partial charge on any atom is 0.326 e. The normalized spacial score (nSPS) is 16.2. The molecule has 0 bridgehead atoms. The van der Waals surface area contributed by atoms with Gasteiger partial charge in [-0.1, -0.05) is 23.7 Å². The van der Waals surface area contributed by atoms with Gasteiger partial charge in [0.25, 0.3) is 0 Å². The Morgan fingerprint density at radius 1 is 1.16 bits per heavy atom. The van der Waals surface area contributed by atoms with Crippen molar-refractivity contribution in [3.8, 4) is 5.75 Å². The van der Waals surface area contributed by atoms with Gasteiger partial charge in [-0.3, -0.25) is 4.79 Å². The van der Waals surface area contributed by atoms with Crippen molar-refractivity contribution in [1.29, 1.82) is 0 Å². The Morgan fingerprint density at radius 3 is 2.65 bits per heavy atom. The van der Waals surface area contributed by atoms with Gasteiger partial charge in [0.1, 0.15) is 17.6 Å². The molecule has 1 aromatic heterocycles. The number of pyridine rings is 1. The number of ether oxygens (including phenoxy) is 2. The number of aromatic nitrogens is 1. The van der Waals surface area contributed by atoms with Crippen LogP contribution in [0.3, 0.4) is 0 Å². The molecule has 2 aliphatic rings. The summed E-state index contributed by atoms with van der Waals surface area (Å²) in [7, 11) is 1.54. The number of fused-ring (bicyclic) bond motifs is 1. The molecule has 236 valence electrons. The maximum atomic E-state index is 13.5. The summed E-state index contributed by atoms with van der Waals surface area (Å²) in [5.74, 6) is 0.195. The van der Waals surface area contributed by atoms with E-state index in [-0.39, 0.29) is 17.9 Å². The molecule has 1 amide bonds. The van der Waals surface area contributed by atoms with E-state index in [2.05, 4.69) is 27.7 Å². The minimum absolute atomic E-state index is 0.256. The van der Waals surface area contributed by atoms with Crippen molar-refractivity contribution < 1.29 is 24.2 Å². The van der Waals surface area contributed by atoms with Crippen molar-refractivity contribution in [3.05, 3.63) is 52.2 Å². The number of unbranched alkanes of at least 4 members (excludes halogenated alkanes) is 1. The molecular weight excluding hydrogens is 568 g/mol. The summed E-state index contributed by atoms with van der Waals surface area (Å²) in [6, 6.07) is 8.59. The summed E-state index contributed by atoms with van der Waals surface area (Å²) in [5, 5.41) is 16.7. The fourth-order valence-electron chi connectivity index (χ4n) is 5.69. The first kappa shape index (κ1) is 33.0. The predicted molar refractivity (Wildman–Crippen MR) is 169 cm³/mol. The molecule has 1 saturated carbocycles. The summed E-state index contributed by atoms with van der Waals surface area (Å²) in [6.45, 7) is 9.59. The molecule has 10 heteroatoms. The minimum Gasteiger partial charge on any atom is -0.496 e. The first-order valence-corrected chi connectivity index (χ1v) is 15.9. The molecule has 43 heavy (non-hydrogen) atoms. The van der Waals surface area contributed by atoms with Crippen LogP contribution in [0.2, 0.25) is 5.02 Å². The van der Waals surface area contributed by atoms with Crippen LogP contribution in [0.25, 0.3) is 0 Å². The third-order valence-corrected chi connectivity index (χ3v) is 8.56. The molecule has 1 fully saturated rings. The Morgan fingerprint density at radius 2 is 1.95 bits per heavy atom. The van der Waals surface area contributed by atoms with E-state index in [4.69, 9.17) is 26.1 Å². The number of carboxylic acids is 1. The smallest absolute Gasteiger partial charge is 0.326 e. The van der Waals surface area contributed by atoms with Gasteiger partial charge in [-0.2, -0.15) is 0 Å². The fraction of sp³-hybridized carbons (Fsp3) is 0.606. The first-order valence-electron chi connectivity index (χ1n) is 15.5. The summed E-state index contributed by atoms with van der Waals surface area (Å²) in [5.41, 5.74) is 1.89. The number of hydrogen-bond donors (Lipinski definition) is 3. The highest BCUT2D eigenvalue weighted by Crippen LogP contribution is 2.54. The van der Waals surface area contributed by atoms with Crippen LogP contribution >= 0.6 is 11.6 Å². The molecular formula is C33H47ClN4O5. The molecule has 3 N–H and O–H groups in total. The standard InChI is InChI=1S/C33H47ClN4O5/c1-32(2,3)43-22-21-38(19-6-5-10-24-14-13-23-9-8-18-35-29(23)36-24)20-15-26(30(39)40)37-31(41)33(16-17-33)28-25(34)11-7-12-27(28)42-4/h7,11-14,26H,5-6,8-10,15-22H2,1-4H3,(H,35,36)(H,37,41)(H,39,40)/t26-/m0/s1.